The summed E-state index contributed by atoms with van der Waals surface area (Å²) in [4.78, 5) is 12.4. The molecule has 0 unspecified atom stereocenters. The second-order valence-corrected chi connectivity index (χ2v) is 5.96. The molecule has 0 amide bonds. The minimum atomic E-state index is -0.322. The normalized spacial score (nSPS) is 11.0. The maximum absolute atomic E-state index is 12.4. The van der Waals surface area contributed by atoms with Crippen molar-refractivity contribution in [3.8, 4) is 5.75 Å². The first-order chi connectivity index (χ1) is 10.4. The standard InChI is InChI=1S/C16H10Cl4O2/c1-22-16-11(7-9(17)8-14(16)20)15(21)6-5-10-12(18)3-2-4-13(10)19/h2-8H,1H3/b6-5+. The van der Waals surface area contributed by atoms with Gasteiger partial charge in [-0.25, -0.2) is 0 Å². The van der Waals surface area contributed by atoms with Crippen LogP contribution in [0, 0.1) is 0 Å². The van der Waals surface area contributed by atoms with Crippen molar-refractivity contribution in [3.05, 3.63) is 67.6 Å². The Balaban J connectivity index is 2.40. The molecule has 0 aliphatic heterocycles. The van der Waals surface area contributed by atoms with Crippen LogP contribution in [0.5, 0.6) is 5.75 Å². The van der Waals surface area contributed by atoms with E-state index in [1.807, 2.05) is 0 Å². The van der Waals surface area contributed by atoms with E-state index in [2.05, 4.69) is 0 Å². The average Bonchev–Trinajstić information content (AvgIpc) is 2.45. The maximum atomic E-state index is 12.4. The average molecular weight is 376 g/mol. The van der Waals surface area contributed by atoms with Gasteiger partial charge in [-0.15, -0.1) is 0 Å². The van der Waals surface area contributed by atoms with Crippen molar-refractivity contribution in [1.29, 1.82) is 0 Å². The fourth-order valence-corrected chi connectivity index (χ4v) is 2.96. The Morgan fingerprint density at radius 2 is 1.68 bits per heavy atom. The fraction of sp³-hybridized carbons (Fsp3) is 0.0625. The van der Waals surface area contributed by atoms with Crippen molar-refractivity contribution in [2.45, 2.75) is 0 Å². The molecule has 0 aromatic heterocycles. The molecule has 0 bridgehead atoms. The Hall–Kier alpha value is -1.19. The van der Waals surface area contributed by atoms with Gasteiger partial charge in [-0.2, -0.15) is 0 Å². The fourth-order valence-electron chi connectivity index (χ4n) is 1.87. The molecule has 6 heteroatoms. The Bertz CT molecular complexity index is 734. The summed E-state index contributed by atoms with van der Waals surface area (Å²) in [5, 5.41) is 1.51. The van der Waals surface area contributed by atoms with Gasteiger partial charge in [0.1, 0.15) is 5.75 Å². The number of allylic oxidation sites excluding steroid dienone is 1. The molecule has 0 saturated heterocycles. The minimum absolute atomic E-state index is 0.263. The number of halogens is 4. The third-order valence-corrected chi connectivity index (χ3v) is 4.04. The summed E-state index contributed by atoms with van der Waals surface area (Å²) in [5.74, 6) is -0.0526. The Kier molecular flexibility index (Phi) is 5.76. The van der Waals surface area contributed by atoms with Gasteiger partial charge in [0, 0.05) is 20.6 Å². The lowest BCUT2D eigenvalue weighted by molar-refractivity contribution is 0.104. The molecule has 0 fully saturated rings. The summed E-state index contributed by atoms with van der Waals surface area (Å²) in [7, 11) is 1.43. The van der Waals surface area contributed by atoms with E-state index in [1.54, 1.807) is 24.3 Å². The number of carbonyl (C=O) groups excluding carboxylic acids is 1. The number of benzene rings is 2. The van der Waals surface area contributed by atoms with Crippen LogP contribution in [0.4, 0.5) is 0 Å². The number of hydrogen-bond donors (Lipinski definition) is 0. The first-order valence-electron chi connectivity index (χ1n) is 6.13. The van der Waals surface area contributed by atoms with E-state index in [4.69, 9.17) is 51.1 Å². The quantitative estimate of drug-likeness (QED) is 0.469. The smallest absolute Gasteiger partial charge is 0.189 e. The highest BCUT2D eigenvalue weighted by Gasteiger charge is 2.15. The van der Waals surface area contributed by atoms with Crippen LogP contribution in [0.2, 0.25) is 20.1 Å². The van der Waals surface area contributed by atoms with Crippen molar-refractivity contribution >= 4 is 58.3 Å². The highest BCUT2D eigenvalue weighted by Crippen LogP contribution is 2.33. The van der Waals surface area contributed by atoms with Gasteiger partial charge >= 0.3 is 0 Å². The monoisotopic (exact) mass is 374 g/mol. The van der Waals surface area contributed by atoms with E-state index in [1.165, 1.54) is 25.3 Å². The first-order valence-corrected chi connectivity index (χ1v) is 7.64. The molecule has 2 aromatic carbocycles. The van der Waals surface area contributed by atoms with Crippen molar-refractivity contribution in [2.75, 3.05) is 7.11 Å². The van der Waals surface area contributed by atoms with Gasteiger partial charge in [0.2, 0.25) is 0 Å². The third-order valence-electron chi connectivity index (χ3n) is 2.88. The van der Waals surface area contributed by atoms with Gasteiger partial charge in [0.15, 0.2) is 5.78 Å². The number of ketones is 1. The molecule has 0 heterocycles. The second-order valence-electron chi connectivity index (χ2n) is 4.30. The number of carbonyl (C=O) groups is 1. The lowest BCUT2D eigenvalue weighted by Crippen LogP contribution is -2.00. The SMILES string of the molecule is COc1c(Cl)cc(Cl)cc1C(=O)/C=C/c1c(Cl)cccc1Cl. The molecule has 0 atom stereocenters. The van der Waals surface area contributed by atoms with Gasteiger partial charge in [-0.05, 0) is 36.4 Å². The van der Waals surface area contributed by atoms with Gasteiger partial charge < -0.3 is 4.74 Å². The zero-order valence-electron chi connectivity index (χ0n) is 11.4. The largest absolute Gasteiger partial charge is 0.494 e. The summed E-state index contributed by atoms with van der Waals surface area (Å²) < 4.78 is 5.15. The van der Waals surface area contributed by atoms with Gasteiger partial charge in [-0.1, -0.05) is 52.5 Å². The summed E-state index contributed by atoms with van der Waals surface area (Å²) in [5.41, 5.74) is 0.825. The Morgan fingerprint density at radius 3 is 2.27 bits per heavy atom. The highest BCUT2D eigenvalue weighted by molar-refractivity contribution is 6.38. The number of hydrogen-bond acceptors (Lipinski definition) is 2. The molecule has 0 radical (unpaired) electrons. The summed E-state index contributed by atoms with van der Waals surface area (Å²) in [6.45, 7) is 0. The molecule has 0 spiro atoms. The van der Waals surface area contributed by atoms with E-state index in [-0.39, 0.29) is 22.1 Å². The lowest BCUT2D eigenvalue weighted by Gasteiger charge is -2.08. The van der Waals surface area contributed by atoms with Crippen molar-refractivity contribution < 1.29 is 9.53 Å². The van der Waals surface area contributed by atoms with Gasteiger partial charge in [0.05, 0.1) is 17.7 Å². The summed E-state index contributed by atoms with van der Waals surface area (Å²) in [6.07, 6.45) is 2.89. The van der Waals surface area contributed by atoms with Crippen LogP contribution in [-0.4, -0.2) is 12.9 Å². The van der Waals surface area contributed by atoms with Crippen LogP contribution < -0.4 is 4.74 Å². The van der Waals surface area contributed by atoms with E-state index in [9.17, 15) is 4.79 Å². The highest BCUT2D eigenvalue weighted by atomic mass is 35.5. The Morgan fingerprint density at radius 1 is 1.05 bits per heavy atom. The number of ether oxygens (including phenoxy) is 1. The summed E-state index contributed by atoms with van der Waals surface area (Å²) in [6, 6.07) is 8.10. The van der Waals surface area contributed by atoms with Crippen LogP contribution in [0.25, 0.3) is 6.08 Å². The molecule has 0 aliphatic carbocycles. The van der Waals surface area contributed by atoms with Crippen molar-refractivity contribution in [2.24, 2.45) is 0 Å². The molecular formula is C16H10Cl4O2. The molecule has 2 nitrogen and oxygen atoms in total. The Labute approximate surface area is 148 Å². The molecule has 22 heavy (non-hydrogen) atoms. The van der Waals surface area contributed by atoms with Crippen molar-refractivity contribution in [3.63, 3.8) is 0 Å². The molecule has 114 valence electrons. The van der Waals surface area contributed by atoms with Crippen LogP contribution >= 0.6 is 46.4 Å². The van der Waals surface area contributed by atoms with Gasteiger partial charge in [-0.3, -0.25) is 4.79 Å². The molecule has 2 aromatic rings. The predicted molar refractivity (Wildman–Crippen MR) is 92.8 cm³/mol. The molecule has 0 N–H and O–H groups in total. The zero-order valence-corrected chi connectivity index (χ0v) is 14.4. The maximum Gasteiger partial charge on any atom is 0.189 e. The van der Waals surface area contributed by atoms with Crippen molar-refractivity contribution in [1.82, 2.24) is 0 Å². The van der Waals surface area contributed by atoms with E-state index >= 15 is 0 Å². The molecule has 0 saturated carbocycles. The molecule has 0 aliphatic rings. The predicted octanol–water partition coefficient (Wildman–Crippen LogP) is 6.20. The van der Waals surface area contributed by atoms with Crippen LogP contribution in [0.3, 0.4) is 0 Å². The first kappa shape index (κ1) is 17.2. The number of rotatable bonds is 4. The topological polar surface area (TPSA) is 26.3 Å². The van der Waals surface area contributed by atoms with Crippen LogP contribution in [-0.2, 0) is 0 Å². The van der Waals surface area contributed by atoms with Gasteiger partial charge in [0.25, 0.3) is 0 Å². The zero-order chi connectivity index (χ0) is 16.3. The minimum Gasteiger partial charge on any atom is -0.494 e. The molecular weight excluding hydrogens is 366 g/mol. The second kappa shape index (κ2) is 7.38. The summed E-state index contributed by atoms with van der Waals surface area (Å²) >= 11 is 24.1. The van der Waals surface area contributed by atoms with E-state index in [0.717, 1.165) is 0 Å². The molecule has 2 rings (SSSR count). The van der Waals surface area contributed by atoms with Crippen LogP contribution in [0.1, 0.15) is 15.9 Å². The lowest BCUT2D eigenvalue weighted by atomic mass is 10.1. The van der Waals surface area contributed by atoms with E-state index in [0.29, 0.717) is 20.6 Å². The van der Waals surface area contributed by atoms with E-state index < -0.39 is 0 Å². The van der Waals surface area contributed by atoms with Crippen LogP contribution in [0.15, 0.2) is 36.4 Å². The number of methoxy groups -OCH3 is 1. The third kappa shape index (κ3) is 3.76.